The molecule has 114 valence electrons. The monoisotopic (exact) mass is 291 g/mol. The van der Waals surface area contributed by atoms with Crippen LogP contribution in [-0.4, -0.2) is 27.1 Å². The van der Waals surface area contributed by atoms with Gasteiger partial charge in [-0.2, -0.15) is 5.26 Å². The Bertz CT molecular complexity index is 507. The van der Waals surface area contributed by atoms with Gasteiger partial charge in [0.25, 0.3) is 0 Å². The number of rotatable bonds is 8. The Kier molecular flexibility index (Phi) is 6.04. The Morgan fingerprint density at radius 1 is 1.24 bits per heavy atom. The lowest BCUT2D eigenvalue weighted by Gasteiger charge is -2.17. The molecule has 5 heteroatoms. The van der Waals surface area contributed by atoms with E-state index < -0.39 is 0 Å². The molecule has 0 aliphatic rings. The van der Waals surface area contributed by atoms with Crippen LogP contribution >= 0.6 is 0 Å². The van der Waals surface area contributed by atoms with Gasteiger partial charge >= 0.3 is 0 Å². The summed E-state index contributed by atoms with van der Waals surface area (Å²) in [5.74, 6) is 1.38. The third kappa shape index (κ3) is 4.67. The van der Waals surface area contributed by atoms with Crippen LogP contribution < -0.4 is 14.2 Å². The van der Waals surface area contributed by atoms with Crippen molar-refractivity contribution in [3.05, 3.63) is 17.7 Å². The molecule has 0 heterocycles. The lowest BCUT2D eigenvalue weighted by Crippen LogP contribution is -2.10. The summed E-state index contributed by atoms with van der Waals surface area (Å²) in [5, 5.41) is 8.97. The van der Waals surface area contributed by atoms with Gasteiger partial charge in [-0.3, -0.25) is 4.79 Å². The molecule has 1 aromatic rings. The van der Waals surface area contributed by atoms with Crippen LogP contribution in [0.1, 0.15) is 37.0 Å². The average Bonchev–Trinajstić information content (AvgIpc) is 2.50. The number of nitrogens with zero attached hydrogens (tertiary/aromatic N) is 1. The minimum atomic E-state index is -0.362. The topological polar surface area (TPSA) is 68.6 Å². The number of hydrogen-bond donors (Lipinski definition) is 0. The zero-order valence-corrected chi connectivity index (χ0v) is 12.9. The molecule has 1 aromatic carbocycles. The van der Waals surface area contributed by atoms with Crippen LogP contribution in [0.15, 0.2) is 12.1 Å². The van der Waals surface area contributed by atoms with Crippen LogP contribution in [0.25, 0.3) is 0 Å². The van der Waals surface area contributed by atoms with E-state index in [9.17, 15) is 4.79 Å². The number of hydrogen-bond acceptors (Lipinski definition) is 5. The van der Waals surface area contributed by atoms with E-state index in [-0.39, 0.29) is 5.41 Å². The van der Waals surface area contributed by atoms with Gasteiger partial charge in [0.2, 0.25) is 5.75 Å². The van der Waals surface area contributed by atoms with Crippen molar-refractivity contribution in [3.63, 3.8) is 0 Å². The molecular formula is C16H21NO4. The Balaban J connectivity index is 2.78. The number of carbonyl (C=O) groups excluding carboxylic acids is 1. The fourth-order valence-corrected chi connectivity index (χ4v) is 1.85. The Morgan fingerprint density at radius 3 is 2.24 bits per heavy atom. The van der Waals surface area contributed by atoms with Crippen molar-refractivity contribution in [2.24, 2.45) is 5.41 Å². The molecule has 0 unspecified atom stereocenters. The van der Waals surface area contributed by atoms with E-state index in [4.69, 9.17) is 19.5 Å². The largest absolute Gasteiger partial charge is 0.493 e. The number of carbonyl (C=O) groups is 1. The molecule has 0 radical (unpaired) electrons. The molecule has 5 nitrogen and oxygen atoms in total. The SMILES string of the molecule is COc1cc(C=O)cc(OC)c1OCCCC(C)(C)C#N. The summed E-state index contributed by atoms with van der Waals surface area (Å²) < 4.78 is 16.2. The second kappa shape index (κ2) is 7.53. The molecule has 0 atom stereocenters. The van der Waals surface area contributed by atoms with E-state index >= 15 is 0 Å². The van der Waals surface area contributed by atoms with Gasteiger partial charge in [0.1, 0.15) is 6.29 Å². The molecule has 1 rings (SSSR count). The number of aldehydes is 1. The predicted molar refractivity (Wildman–Crippen MR) is 79.1 cm³/mol. The molecule has 0 spiro atoms. The van der Waals surface area contributed by atoms with Crippen LogP contribution in [0, 0.1) is 16.7 Å². The zero-order chi connectivity index (χ0) is 15.9. The van der Waals surface area contributed by atoms with E-state index in [0.29, 0.717) is 29.4 Å². The summed E-state index contributed by atoms with van der Waals surface area (Å²) in [6.45, 7) is 4.23. The first kappa shape index (κ1) is 16.8. The van der Waals surface area contributed by atoms with Gasteiger partial charge in [0.15, 0.2) is 11.5 Å². The Morgan fingerprint density at radius 2 is 1.81 bits per heavy atom. The van der Waals surface area contributed by atoms with Crippen LogP contribution in [0.3, 0.4) is 0 Å². The maximum atomic E-state index is 10.9. The molecule has 21 heavy (non-hydrogen) atoms. The summed E-state index contributed by atoms with van der Waals surface area (Å²) in [7, 11) is 3.02. The van der Waals surface area contributed by atoms with Crippen molar-refractivity contribution in [1.29, 1.82) is 5.26 Å². The Labute approximate surface area is 125 Å². The van der Waals surface area contributed by atoms with Gasteiger partial charge in [-0.15, -0.1) is 0 Å². The third-order valence-corrected chi connectivity index (χ3v) is 3.11. The van der Waals surface area contributed by atoms with Crippen LogP contribution in [0.2, 0.25) is 0 Å². The summed E-state index contributed by atoms with van der Waals surface area (Å²) in [6.07, 6.45) is 2.20. The van der Waals surface area contributed by atoms with Crippen molar-refractivity contribution >= 4 is 6.29 Å². The lowest BCUT2D eigenvalue weighted by molar-refractivity contribution is 0.112. The molecule has 0 aromatic heterocycles. The molecule has 0 saturated carbocycles. The van der Waals surface area contributed by atoms with Crippen molar-refractivity contribution in [1.82, 2.24) is 0 Å². The van der Waals surface area contributed by atoms with Gasteiger partial charge in [-0.05, 0) is 38.8 Å². The molecule has 0 saturated heterocycles. The molecule has 0 aliphatic carbocycles. The molecule has 0 fully saturated rings. The number of benzene rings is 1. The lowest BCUT2D eigenvalue weighted by atomic mass is 9.90. The number of methoxy groups -OCH3 is 2. The quantitative estimate of drug-likeness (QED) is 0.543. The number of nitriles is 1. The van der Waals surface area contributed by atoms with Gasteiger partial charge in [-0.25, -0.2) is 0 Å². The summed E-state index contributed by atoms with van der Waals surface area (Å²) in [6, 6.07) is 5.46. The normalized spacial score (nSPS) is 10.6. The second-order valence-electron chi connectivity index (χ2n) is 5.32. The fraction of sp³-hybridized carbons (Fsp3) is 0.500. The fourth-order valence-electron chi connectivity index (χ4n) is 1.85. The molecule has 0 bridgehead atoms. The van der Waals surface area contributed by atoms with E-state index in [0.717, 1.165) is 19.1 Å². The highest BCUT2D eigenvalue weighted by Crippen LogP contribution is 2.38. The maximum Gasteiger partial charge on any atom is 0.203 e. The second-order valence-corrected chi connectivity index (χ2v) is 5.32. The van der Waals surface area contributed by atoms with Crippen molar-refractivity contribution in [2.75, 3.05) is 20.8 Å². The van der Waals surface area contributed by atoms with Crippen LogP contribution in [0.4, 0.5) is 0 Å². The van der Waals surface area contributed by atoms with Crippen molar-refractivity contribution < 1.29 is 19.0 Å². The summed E-state index contributed by atoms with van der Waals surface area (Å²) >= 11 is 0. The third-order valence-electron chi connectivity index (χ3n) is 3.11. The first-order valence-corrected chi connectivity index (χ1v) is 6.72. The molecule has 0 amide bonds. The summed E-state index contributed by atoms with van der Waals surface area (Å²) in [4.78, 5) is 10.9. The first-order valence-electron chi connectivity index (χ1n) is 6.72. The van der Waals surface area contributed by atoms with E-state index in [1.165, 1.54) is 14.2 Å². The first-order chi connectivity index (χ1) is 9.97. The maximum absolute atomic E-state index is 10.9. The standard InChI is InChI=1S/C16H21NO4/c1-16(2,11-17)6-5-7-21-15-13(19-3)8-12(10-18)9-14(15)20-4/h8-10H,5-7H2,1-4H3. The summed E-state index contributed by atoms with van der Waals surface area (Å²) in [5.41, 5.74) is 0.0977. The van der Waals surface area contributed by atoms with Crippen molar-refractivity contribution in [3.8, 4) is 23.3 Å². The van der Waals surface area contributed by atoms with E-state index in [1.54, 1.807) is 12.1 Å². The van der Waals surface area contributed by atoms with E-state index in [2.05, 4.69) is 6.07 Å². The van der Waals surface area contributed by atoms with Gasteiger partial charge < -0.3 is 14.2 Å². The number of ether oxygens (including phenoxy) is 3. The van der Waals surface area contributed by atoms with Crippen LogP contribution in [0.5, 0.6) is 17.2 Å². The minimum absolute atomic E-state index is 0.362. The van der Waals surface area contributed by atoms with Crippen LogP contribution in [-0.2, 0) is 0 Å². The zero-order valence-electron chi connectivity index (χ0n) is 12.9. The van der Waals surface area contributed by atoms with Gasteiger partial charge in [0.05, 0.1) is 32.3 Å². The van der Waals surface area contributed by atoms with Gasteiger partial charge in [0, 0.05) is 5.56 Å². The molecule has 0 aliphatic heterocycles. The highest BCUT2D eigenvalue weighted by molar-refractivity contribution is 5.78. The predicted octanol–water partition coefficient (Wildman–Crippen LogP) is 3.23. The smallest absolute Gasteiger partial charge is 0.203 e. The van der Waals surface area contributed by atoms with E-state index in [1.807, 2.05) is 13.8 Å². The highest BCUT2D eigenvalue weighted by atomic mass is 16.5. The average molecular weight is 291 g/mol. The molecule has 0 N–H and O–H groups in total. The minimum Gasteiger partial charge on any atom is -0.493 e. The molecular weight excluding hydrogens is 270 g/mol. The Hall–Kier alpha value is -2.22. The van der Waals surface area contributed by atoms with Gasteiger partial charge in [-0.1, -0.05) is 0 Å². The highest BCUT2D eigenvalue weighted by Gasteiger charge is 2.17. The van der Waals surface area contributed by atoms with Crippen molar-refractivity contribution in [2.45, 2.75) is 26.7 Å².